The molecule has 0 spiro atoms. The Bertz CT molecular complexity index is 2350. The Morgan fingerprint density at radius 2 is 1.28 bits per heavy atom. The van der Waals surface area contributed by atoms with E-state index in [2.05, 4.69) is 10.9 Å². The highest BCUT2D eigenvalue weighted by Crippen LogP contribution is 2.27. The van der Waals surface area contributed by atoms with Crippen molar-refractivity contribution in [2.24, 2.45) is 0 Å². The molecule has 0 unspecified atom stereocenters. The summed E-state index contributed by atoms with van der Waals surface area (Å²) in [4.78, 5) is 3.32. The Labute approximate surface area is 331 Å². The molecule has 0 aliphatic carbocycles. The highest BCUT2D eigenvalue weighted by Gasteiger charge is 2.27. The zero-order valence-corrected chi connectivity index (χ0v) is 30.8. The second-order valence-corrected chi connectivity index (χ2v) is 12.7. The van der Waals surface area contributed by atoms with Crippen LogP contribution in [0, 0.1) is 24.8 Å². The van der Waals surface area contributed by atoms with Gasteiger partial charge in [0, 0.05) is 0 Å². The van der Waals surface area contributed by atoms with E-state index in [1.54, 1.807) is 97.1 Å². The number of hydrogen-bond donors (Lipinski definition) is 4. The van der Waals surface area contributed by atoms with E-state index in [1.165, 1.54) is 0 Å². The fraction of sp³-hybridized carbons (Fsp3) is 0.0952. The maximum Gasteiger partial charge on any atom is 0.491 e. The molecule has 1 heterocycles. The summed E-state index contributed by atoms with van der Waals surface area (Å²) >= 11 is 0. The fourth-order valence-corrected chi connectivity index (χ4v) is 5.71. The number of aliphatic hydroxyl groups excluding tert-OH is 2. The van der Waals surface area contributed by atoms with Crippen molar-refractivity contribution < 1.29 is 49.2 Å². The number of ether oxygens (including phenoxy) is 3. The van der Waals surface area contributed by atoms with Crippen LogP contribution in [0.2, 0.25) is 0 Å². The van der Waals surface area contributed by atoms with Gasteiger partial charge in [-0.2, -0.15) is 5.26 Å². The van der Waals surface area contributed by atoms with Crippen LogP contribution in [-0.4, -0.2) is 47.5 Å². The van der Waals surface area contributed by atoms with E-state index in [1.807, 2.05) is 37.3 Å². The Hall–Kier alpha value is -6.39. The highest BCUT2D eigenvalue weighted by atomic mass is 16.5. The molecule has 7 rings (SSSR count). The number of aryl methyl sites for hydroxylation is 1. The van der Waals surface area contributed by atoms with E-state index in [0.29, 0.717) is 74.4 Å². The normalized spacial score (nSPS) is 11.1. The minimum Gasteiger partial charge on any atom is -0.470 e. The Balaban J connectivity index is 0.000000260. The summed E-state index contributed by atoms with van der Waals surface area (Å²) in [5.41, 5.74) is 6.12. The molecule has 0 amide bonds. The molecule has 0 atom stereocenters. The summed E-state index contributed by atoms with van der Waals surface area (Å²) in [7, 11) is -2.10. The lowest BCUT2D eigenvalue weighted by atomic mass is 9.72. The number of nitriles is 1. The van der Waals surface area contributed by atoms with Crippen LogP contribution >= 0.6 is 0 Å². The molecule has 0 saturated carbocycles. The van der Waals surface area contributed by atoms with Gasteiger partial charge in [-0.1, -0.05) is 48.0 Å². The second-order valence-electron chi connectivity index (χ2n) is 12.7. The maximum absolute atomic E-state index is 10.7. The average molecular weight is 762 g/mol. The smallest absolute Gasteiger partial charge is 0.470 e. The molecule has 6 aromatic carbocycles. The van der Waals surface area contributed by atoms with Gasteiger partial charge in [0.1, 0.15) is 34.5 Å². The lowest BCUT2D eigenvalue weighted by Gasteiger charge is -2.15. The predicted octanol–water partition coefficient (Wildman–Crippen LogP) is 4.24. The van der Waals surface area contributed by atoms with E-state index < -0.39 is 14.2 Å². The molecule has 1 aliphatic rings. The summed E-state index contributed by atoms with van der Waals surface area (Å²) in [5.74, 6) is 3.64. The molecule has 12 nitrogen and oxygen atoms in total. The van der Waals surface area contributed by atoms with Gasteiger partial charge < -0.3 is 49.2 Å². The second kappa shape index (κ2) is 20.0. The number of aliphatic hydroxyl groups is 2. The van der Waals surface area contributed by atoms with E-state index >= 15 is 0 Å². The highest BCUT2D eigenvalue weighted by molar-refractivity contribution is 6.68. The molecular weight excluding hydrogens is 725 g/mol. The topological polar surface area (TPSA) is 187 Å². The maximum atomic E-state index is 10.7. The molecule has 0 bridgehead atoms. The van der Waals surface area contributed by atoms with E-state index in [-0.39, 0.29) is 26.2 Å². The molecule has 284 valence electrons. The van der Waals surface area contributed by atoms with Crippen LogP contribution in [0.25, 0.3) is 4.85 Å². The first-order valence-corrected chi connectivity index (χ1v) is 17.5. The molecule has 6 aromatic rings. The number of rotatable bonds is 12. The van der Waals surface area contributed by atoms with Crippen LogP contribution in [0.1, 0.15) is 27.8 Å². The van der Waals surface area contributed by atoms with Gasteiger partial charge in [-0.3, -0.25) is 0 Å². The molecule has 6 N–H and O–H groups in total. The molecular formula is C42H37B3N2O10. The third-order valence-electron chi connectivity index (χ3n) is 8.75. The molecule has 1 aliphatic heterocycles. The first-order chi connectivity index (χ1) is 27.2. The van der Waals surface area contributed by atoms with Crippen LogP contribution in [0.3, 0.4) is 0 Å². The number of fused-ring (bicyclic) bond motifs is 1. The van der Waals surface area contributed by atoms with Crippen LogP contribution in [0.5, 0.6) is 34.5 Å². The van der Waals surface area contributed by atoms with Crippen LogP contribution in [-0.2, 0) is 29.0 Å². The summed E-state index contributed by atoms with van der Waals surface area (Å²) in [6, 6.07) is 39.0. The Morgan fingerprint density at radius 1 is 0.754 bits per heavy atom. The SMILES string of the molecule is Cc1ccc(Oc2ccc(B(O)OBc3ccc(Oc4ccc(C#N)cc4)cc3CO)c(CO)c2)cc1.O.[C-]#[N+]c1ccc(Oc2ccc3c(c2)COB3O)cc1. The van der Waals surface area contributed by atoms with Crippen molar-refractivity contribution in [3.8, 4) is 40.6 Å². The minimum atomic E-state index is -1.29. The van der Waals surface area contributed by atoms with Gasteiger partial charge in [0.05, 0.1) is 38.0 Å². The van der Waals surface area contributed by atoms with Crippen molar-refractivity contribution in [1.82, 2.24) is 0 Å². The van der Waals surface area contributed by atoms with Crippen molar-refractivity contribution in [1.29, 1.82) is 5.26 Å². The summed E-state index contributed by atoms with van der Waals surface area (Å²) in [6.45, 7) is 8.73. The van der Waals surface area contributed by atoms with Gasteiger partial charge in [-0.05, 0) is 125 Å². The first kappa shape index (κ1) is 41.8. The van der Waals surface area contributed by atoms with Crippen molar-refractivity contribution in [3.63, 3.8) is 0 Å². The molecule has 57 heavy (non-hydrogen) atoms. The zero-order valence-electron chi connectivity index (χ0n) is 30.8. The molecule has 0 fully saturated rings. The zero-order chi connectivity index (χ0) is 39.4. The van der Waals surface area contributed by atoms with E-state index in [9.17, 15) is 20.3 Å². The van der Waals surface area contributed by atoms with Crippen LogP contribution < -0.4 is 30.6 Å². The Kier molecular flexibility index (Phi) is 14.6. The van der Waals surface area contributed by atoms with Crippen LogP contribution in [0.15, 0.2) is 127 Å². The number of nitrogens with zero attached hydrogens (tertiary/aromatic N) is 2. The first-order valence-electron chi connectivity index (χ1n) is 17.5. The summed E-state index contributed by atoms with van der Waals surface area (Å²) in [6.07, 6.45) is 0. The molecule has 0 aromatic heterocycles. The Morgan fingerprint density at radius 3 is 1.88 bits per heavy atom. The molecule has 15 heteroatoms. The number of hydrogen-bond acceptors (Lipinski definition) is 10. The quantitative estimate of drug-likeness (QED) is 0.104. The lowest BCUT2D eigenvalue weighted by molar-refractivity contribution is 0.275. The van der Waals surface area contributed by atoms with Crippen LogP contribution in [0.4, 0.5) is 5.69 Å². The van der Waals surface area contributed by atoms with Crippen molar-refractivity contribution >= 4 is 43.8 Å². The molecule has 0 saturated heterocycles. The lowest BCUT2D eigenvalue weighted by Crippen LogP contribution is -2.40. The van der Waals surface area contributed by atoms with Gasteiger partial charge in [0.25, 0.3) is 7.48 Å². The standard InChI is InChI=1S/C28H25B2NO6.C14H10BNO3.H2O/c1-19-2-6-23(7-3-19)35-26-11-13-28(22(15-26)18-33)30(34)37-29-27-12-10-25(14-21(27)17-32)36-24-8-4-20(16-31)5-9-24;1-16-11-2-4-12(5-3-11)19-13-6-7-14-10(8-13)9-18-15(14)17;/h2-15,29,32-34H,17-18H2,1H3;2-8,17H,9H2;1H2. The van der Waals surface area contributed by atoms with Gasteiger partial charge in [-0.15, -0.1) is 0 Å². The van der Waals surface area contributed by atoms with Gasteiger partial charge in [0.2, 0.25) is 0 Å². The fourth-order valence-electron chi connectivity index (χ4n) is 5.71. The number of benzene rings is 6. The summed E-state index contributed by atoms with van der Waals surface area (Å²) < 4.78 is 28.2. The van der Waals surface area contributed by atoms with Crippen molar-refractivity contribution in [2.75, 3.05) is 0 Å². The van der Waals surface area contributed by atoms with Crippen molar-refractivity contribution in [2.45, 2.75) is 26.7 Å². The van der Waals surface area contributed by atoms with Gasteiger partial charge >= 0.3 is 14.2 Å². The van der Waals surface area contributed by atoms with E-state index in [0.717, 1.165) is 16.6 Å². The minimum absolute atomic E-state index is 0. The molecule has 0 radical (unpaired) electrons. The monoisotopic (exact) mass is 762 g/mol. The van der Waals surface area contributed by atoms with Crippen molar-refractivity contribution in [3.05, 3.63) is 167 Å². The van der Waals surface area contributed by atoms with E-state index in [4.69, 9.17) is 35.3 Å². The largest absolute Gasteiger partial charge is 0.491 e. The van der Waals surface area contributed by atoms with Gasteiger partial charge in [0.15, 0.2) is 5.69 Å². The summed E-state index contributed by atoms with van der Waals surface area (Å²) in [5, 5.41) is 48.8. The average Bonchev–Trinajstić information content (AvgIpc) is 3.60. The third kappa shape index (κ3) is 11.1. The van der Waals surface area contributed by atoms with Gasteiger partial charge in [-0.25, -0.2) is 4.85 Å². The predicted molar refractivity (Wildman–Crippen MR) is 218 cm³/mol. The third-order valence-corrected chi connectivity index (χ3v) is 8.75.